The van der Waals surface area contributed by atoms with E-state index in [1.165, 1.54) is 0 Å². The second kappa shape index (κ2) is 4.26. The molecular weight excluding hydrogens is 198 g/mol. The Kier molecular flexibility index (Phi) is 3.01. The fraction of sp³-hybridized carbons (Fsp3) is 0.500. The van der Waals surface area contributed by atoms with Crippen LogP contribution < -0.4 is 5.32 Å². The minimum Gasteiger partial charge on any atom is -0.314 e. The van der Waals surface area contributed by atoms with Crippen LogP contribution in [0.2, 0.25) is 5.02 Å². The Hall–Kier alpha value is -0.640. The van der Waals surface area contributed by atoms with Gasteiger partial charge in [-0.1, -0.05) is 11.6 Å². The lowest BCUT2D eigenvalue weighted by Crippen LogP contribution is -2.43. The van der Waals surface area contributed by atoms with Crippen molar-refractivity contribution in [3.63, 3.8) is 0 Å². The summed E-state index contributed by atoms with van der Waals surface area (Å²) in [6.07, 6.45) is 3.50. The molecule has 1 aliphatic rings. The van der Waals surface area contributed by atoms with Crippen molar-refractivity contribution in [1.29, 1.82) is 0 Å². The van der Waals surface area contributed by atoms with Crippen LogP contribution in [0.15, 0.2) is 18.5 Å². The normalized spacial score (nSPS) is 23.7. The van der Waals surface area contributed by atoms with Gasteiger partial charge in [0.05, 0.1) is 5.02 Å². The summed E-state index contributed by atoms with van der Waals surface area (Å²) in [6.45, 7) is 3.07. The molecule has 14 heavy (non-hydrogen) atoms. The van der Waals surface area contributed by atoms with E-state index < -0.39 is 0 Å². The number of nitrogens with one attached hydrogen (secondary N) is 1. The molecule has 0 amide bonds. The highest BCUT2D eigenvalue weighted by Crippen LogP contribution is 2.26. The van der Waals surface area contributed by atoms with Crippen LogP contribution in [0.1, 0.15) is 11.6 Å². The van der Waals surface area contributed by atoms with Crippen molar-refractivity contribution >= 4 is 11.6 Å². The summed E-state index contributed by atoms with van der Waals surface area (Å²) in [5.74, 6) is 0. The number of nitrogens with zero attached hydrogens (tertiary/aromatic N) is 2. The van der Waals surface area contributed by atoms with Crippen molar-refractivity contribution in [3.8, 4) is 0 Å². The highest BCUT2D eigenvalue weighted by Gasteiger charge is 2.21. The van der Waals surface area contributed by atoms with Crippen LogP contribution >= 0.6 is 11.6 Å². The first-order chi connectivity index (χ1) is 6.79. The first kappa shape index (κ1) is 9.90. The van der Waals surface area contributed by atoms with Crippen LogP contribution in [-0.2, 0) is 0 Å². The molecule has 3 nitrogen and oxygen atoms in total. The Labute approximate surface area is 89.1 Å². The summed E-state index contributed by atoms with van der Waals surface area (Å²) in [4.78, 5) is 6.31. The lowest BCUT2D eigenvalue weighted by molar-refractivity contribution is 0.202. The molecule has 1 atom stereocenters. The zero-order valence-corrected chi connectivity index (χ0v) is 8.96. The predicted octanol–water partition coefficient (Wildman–Crippen LogP) is 1.31. The van der Waals surface area contributed by atoms with Gasteiger partial charge in [-0.2, -0.15) is 0 Å². The van der Waals surface area contributed by atoms with Gasteiger partial charge in [0.15, 0.2) is 0 Å². The van der Waals surface area contributed by atoms with Crippen molar-refractivity contribution < 1.29 is 0 Å². The van der Waals surface area contributed by atoms with E-state index in [0.717, 1.165) is 30.2 Å². The standard InChI is InChI=1S/C10H14ClN3/c1-14-5-4-13-7-10(14)8-2-3-12-6-9(8)11/h2-3,6,10,13H,4-5,7H2,1H3. The Bertz CT molecular complexity index is 316. The molecule has 0 saturated carbocycles. The molecule has 0 aromatic carbocycles. The molecule has 1 fully saturated rings. The smallest absolute Gasteiger partial charge is 0.0637 e. The number of aromatic nitrogens is 1. The van der Waals surface area contributed by atoms with E-state index in [0.29, 0.717) is 6.04 Å². The Morgan fingerprint density at radius 3 is 3.21 bits per heavy atom. The number of likely N-dealkylation sites (N-methyl/N-ethyl adjacent to an activating group) is 1. The zero-order valence-electron chi connectivity index (χ0n) is 8.20. The summed E-state index contributed by atoms with van der Waals surface area (Å²) in [6, 6.07) is 2.37. The number of hydrogen-bond acceptors (Lipinski definition) is 3. The number of halogens is 1. The second-order valence-corrected chi connectivity index (χ2v) is 4.00. The van der Waals surface area contributed by atoms with Crippen molar-refractivity contribution in [3.05, 3.63) is 29.0 Å². The van der Waals surface area contributed by atoms with Gasteiger partial charge in [-0.05, 0) is 18.7 Å². The maximum Gasteiger partial charge on any atom is 0.0637 e. The maximum atomic E-state index is 6.11. The number of pyridine rings is 1. The molecule has 4 heteroatoms. The van der Waals surface area contributed by atoms with Gasteiger partial charge in [0.2, 0.25) is 0 Å². The van der Waals surface area contributed by atoms with Crippen molar-refractivity contribution in [1.82, 2.24) is 15.2 Å². The molecule has 0 aliphatic carbocycles. The Morgan fingerprint density at radius 1 is 1.64 bits per heavy atom. The molecule has 1 aromatic heterocycles. The fourth-order valence-corrected chi connectivity index (χ4v) is 2.05. The van der Waals surface area contributed by atoms with E-state index >= 15 is 0 Å². The topological polar surface area (TPSA) is 28.2 Å². The molecule has 1 saturated heterocycles. The summed E-state index contributed by atoms with van der Waals surface area (Å²) in [5.41, 5.74) is 1.16. The molecule has 1 N–H and O–H groups in total. The molecule has 0 radical (unpaired) electrons. The molecule has 2 rings (SSSR count). The number of piperazine rings is 1. The van der Waals surface area contributed by atoms with E-state index in [2.05, 4.69) is 22.2 Å². The number of rotatable bonds is 1. The van der Waals surface area contributed by atoms with Gasteiger partial charge in [-0.3, -0.25) is 9.88 Å². The van der Waals surface area contributed by atoms with Gasteiger partial charge < -0.3 is 5.32 Å². The van der Waals surface area contributed by atoms with Crippen LogP contribution in [-0.4, -0.2) is 36.6 Å². The van der Waals surface area contributed by atoms with Crippen LogP contribution in [0, 0.1) is 0 Å². The minimum absolute atomic E-state index is 0.374. The van der Waals surface area contributed by atoms with E-state index in [9.17, 15) is 0 Å². The molecule has 0 bridgehead atoms. The monoisotopic (exact) mass is 211 g/mol. The van der Waals surface area contributed by atoms with Crippen LogP contribution in [0.4, 0.5) is 0 Å². The van der Waals surface area contributed by atoms with Gasteiger partial charge in [0, 0.05) is 38.1 Å². The van der Waals surface area contributed by atoms with E-state index in [1.807, 2.05) is 6.07 Å². The van der Waals surface area contributed by atoms with E-state index in [4.69, 9.17) is 11.6 Å². The summed E-state index contributed by atoms with van der Waals surface area (Å²) in [5, 5.41) is 4.13. The lowest BCUT2D eigenvalue weighted by atomic mass is 10.1. The predicted molar refractivity (Wildman–Crippen MR) is 57.5 cm³/mol. The first-order valence-corrected chi connectivity index (χ1v) is 5.17. The van der Waals surface area contributed by atoms with E-state index in [1.54, 1.807) is 12.4 Å². The second-order valence-electron chi connectivity index (χ2n) is 3.60. The Morgan fingerprint density at radius 2 is 2.50 bits per heavy atom. The fourth-order valence-electron chi connectivity index (χ4n) is 1.81. The molecule has 0 spiro atoms. The molecule has 1 unspecified atom stereocenters. The van der Waals surface area contributed by atoms with Gasteiger partial charge in [0.25, 0.3) is 0 Å². The third-order valence-electron chi connectivity index (χ3n) is 2.67. The quantitative estimate of drug-likeness (QED) is 0.760. The van der Waals surface area contributed by atoms with Gasteiger partial charge in [-0.15, -0.1) is 0 Å². The summed E-state index contributed by atoms with van der Waals surface area (Å²) >= 11 is 6.11. The highest BCUT2D eigenvalue weighted by atomic mass is 35.5. The average molecular weight is 212 g/mol. The van der Waals surface area contributed by atoms with Crippen LogP contribution in [0.25, 0.3) is 0 Å². The van der Waals surface area contributed by atoms with Crippen LogP contribution in [0.5, 0.6) is 0 Å². The molecular formula is C10H14ClN3. The lowest BCUT2D eigenvalue weighted by Gasteiger charge is -2.33. The van der Waals surface area contributed by atoms with Gasteiger partial charge >= 0.3 is 0 Å². The average Bonchev–Trinajstić information content (AvgIpc) is 2.20. The SMILES string of the molecule is CN1CCNCC1c1ccncc1Cl. The molecule has 76 valence electrons. The highest BCUT2D eigenvalue weighted by molar-refractivity contribution is 6.31. The van der Waals surface area contributed by atoms with Crippen molar-refractivity contribution in [2.45, 2.75) is 6.04 Å². The largest absolute Gasteiger partial charge is 0.314 e. The summed E-state index contributed by atoms with van der Waals surface area (Å²) < 4.78 is 0. The Balaban J connectivity index is 2.25. The third kappa shape index (κ3) is 1.90. The van der Waals surface area contributed by atoms with Crippen molar-refractivity contribution in [2.75, 3.05) is 26.7 Å². The third-order valence-corrected chi connectivity index (χ3v) is 2.99. The van der Waals surface area contributed by atoms with Crippen LogP contribution in [0.3, 0.4) is 0 Å². The van der Waals surface area contributed by atoms with Crippen molar-refractivity contribution in [2.24, 2.45) is 0 Å². The first-order valence-electron chi connectivity index (χ1n) is 4.79. The molecule has 2 heterocycles. The van der Waals surface area contributed by atoms with E-state index in [-0.39, 0.29) is 0 Å². The molecule has 1 aromatic rings. The van der Waals surface area contributed by atoms with Gasteiger partial charge in [0.1, 0.15) is 0 Å². The maximum absolute atomic E-state index is 6.11. The van der Waals surface area contributed by atoms with Gasteiger partial charge in [-0.25, -0.2) is 0 Å². The minimum atomic E-state index is 0.374. The summed E-state index contributed by atoms with van der Waals surface area (Å²) in [7, 11) is 2.13. The number of hydrogen-bond donors (Lipinski definition) is 1. The molecule has 1 aliphatic heterocycles. The zero-order chi connectivity index (χ0) is 9.97.